The summed E-state index contributed by atoms with van der Waals surface area (Å²) in [4.78, 5) is 12.0. The van der Waals surface area contributed by atoms with Crippen LogP contribution in [0.1, 0.15) is 11.1 Å². The summed E-state index contributed by atoms with van der Waals surface area (Å²) in [6.45, 7) is 3.95. The molecule has 0 aliphatic carbocycles. The van der Waals surface area contributed by atoms with Gasteiger partial charge in [-0.1, -0.05) is 18.2 Å². The summed E-state index contributed by atoms with van der Waals surface area (Å²) in [7, 11) is 0. The lowest BCUT2D eigenvalue weighted by atomic mass is 10.0. The second-order valence-electron chi connectivity index (χ2n) is 5.78. The molecule has 2 aromatic carbocycles. The van der Waals surface area contributed by atoms with E-state index in [4.69, 9.17) is 14.6 Å². The maximum atomic E-state index is 12.0. The van der Waals surface area contributed by atoms with E-state index in [1.165, 1.54) is 6.07 Å². The Labute approximate surface area is 132 Å². The minimum atomic E-state index is -0.419. The Kier molecular flexibility index (Phi) is 2.81. The Morgan fingerprint density at radius 1 is 0.957 bits per heavy atom. The molecule has 4 heteroatoms. The van der Waals surface area contributed by atoms with Crippen LogP contribution in [-0.4, -0.2) is 0 Å². The van der Waals surface area contributed by atoms with Crippen LogP contribution in [0.15, 0.2) is 56.1 Å². The molecule has 0 fully saturated rings. The normalized spacial score (nSPS) is 11.4. The summed E-state index contributed by atoms with van der Waals surface area (Å²) >= 11 is 0. The van der Waals surface area contributed by atoms with Gasteiger partial charge in [-0.3, -0.25) is 0 Å². The second-order valence-corrected chi connectivity index (χ2v) is 5.78. The third-order valence-corrected chi connectivity index (χ3v) is 4.06. The average molecular weight is 305 g/mol. The molecule has 4 rings (SSSR count). The molecule has 0 aliphatic heterocycles. The van der Waals surface area contributed by atoms with Gasteiger partial charge >= 0.3 is 5.63 Å². The molecule has 0 saturated heterocycles. The van der Waals surface area contributed by atoms with Crippen molar-refractivity contribution in [2.45, 2.75) is 13.8 Å². The first-order valence-corrected chi connectivity index (χ1v) is 7.37. The molecule has 0 atom stereocenters. The molecule has 0 saturated carbocycles. The molecule has 4 nitrogen and oxygen atoms in total. The van der Waals surface area contributed by atoms with Crippen molar-refractivity contribution in [2.75, 3.05) is 5.73 Å². The molecule has 0 aliphatic rings. The number of aryl methyl sites for hydroxylation is 2. The van der Waals surface area contributed by atoms with Gasteiger partial charge < -0.3 is 14.6 Å². The van der Waals surface area contributed by atoms with Gasteiger partial charge in [-0.2, -0.15) is 0 Å². The van der Waals surface area contributed by atoms with Crippen LogP contribution in [0.3, 0.4) is 0 Å². The molecule has 0 radical (unpaired) electrons. The van der Waals surface area contributed by atoms with Gasteiger partial charge in [0.05, 0.1) is 5.69 Å². The number of fused-ring (bicyclic) bond motifs is 2. The topological polar surface area (TPSA) is 69.4 Å². The Morgan fingerprint density at radius 3 is 2.52 bits per heavy atom. The largest absolute Gasteiger partial charge is 0.454 e. The van der Waals surface area contributed by atoms with E-state index in [1.54, 1.807) is 0 Å². The van der Waals surface area contributed by atoms with Gasteiger partial charge in [0.15, 0.2) is 5.76 Å². The predicted molar refractivity (Wildman–Crippen MR) is 91.6 cm³/mol. The van der Waals surface area contributed by atoms with Gasteiger partial charge in [-0.15, -0.1) is 0 Å². The van der Waals surface area contributed by atoms with Crippen molar-refractivity contribution in [2.24, 2.45) is 0 Å². The van der Waals surface area contributed by atoms with E-state index in [0.29, 0.717) is 28.2 Å². The minimum absolute atomic E-state index is 0.419. The molecule has 0 bridgehead atoms. The first-order valence-electron chi connectivity index (χ1n) is 7.37. The van der Waals surface area contributed by atoms with E-state index in [1.807, 2.05) is 50.2 Å². The molecule has 0 unspecified atom stereocenters. The van der Waals surface area contributed by atoms with E-state index < -0.39 is 5.63 Å². The van der Waals surface area contributed by atoms with Crippen LogP contribution in [0.5, 0.6) is 0 Å². The third-order valence-electron chi connectivity index (χ3n) is 4.06. The monoisotopic (exact) mass is 305 g/mol. The molecule has 2 aromatic heterocycles. The van der Waals surface area contributed by atoms with Crippen molar-refractivity contribution in [3.63, 3.8) is 0 Å². The number of hydrogen-bond donors (Lipinski definition) is 1. The lowest BCUT2D eigenvalue weighted by molar-refractivity contribution is 0.559. The van der Waals surface area contributed by atoms with E-state index in [2.05, 4.69) is 0 Å². The fourth-order valence-electron chi connectivity index (χ4n) is 3.13. The standard InChI is InChI=1S/C19H15NO3/c1-10-7-11(2)17-13(9-16(21)22-15(17)8-10)19-18(20)12-5-3-4-6-14(12)23-19/h3-9H,20H2,1-2H3. The van der Waals surface area contributed by atoms with Crippen LogP contribution < -0.4 is 11.4 Å². The highest BCUT2D eigenvalue weighted by atomic mass is 16.4. The van der Waals surface area contributed by atoms with Gasteiger partial charge in [-0.25, -0.2) is 4.79 Å². The average Bonchev–Trinajstić information content (AvgIpc) is 2.83. The smallest absolute Gasteiger partial charge is 0.336 e. The van der Waals surface area contributed by atoms with Gasteiger partial charge in [-0.05, 0) is 43.2 Å². The third kappa shape index (κ3) is 2.03. The zero-order chi connectivity index (χ0) is 16.1. The summed E-state index contributed by atoms with van der Waals surface area (Å²) in [5.74, 6) is 0.510. The van der Waals surface area contributed by atoms with Gasteiger partial charge in [0.1, 0.15) is 11.2 Å². The highest BCUT2D eigenvalue weighted by molar-refractivity contribution is 6.03. The molecule has 114 valence electrons. The molecule has 0 spiro atoms. The maximum Gasteiger partial charge on any atom is 0.336 e. The number of furan rings is 1. The Hall–Kier alpha value is -3.01. The lowest BCUT2D eigenvalue weighted by Crippen LogP contribution is -2.00. The molecular formula is C19H15NO3. The molecule has 23 heavy (non-hydrogen) atoms. The first kappa shape index (κ1) is 13.6. The fourth-order valence-corrected chi connectivity index (χ4v) is 3.13. The number of para-hydroxylation sites is 1. The summed E-state index contributed by atoms with van der Waals surface area (Å²) in [6.07, 6.45) is 0. The van der Waals surface area contributed by atoms with Crippen LogP contribution in [0, 0.1) is 13.8 Å². The number of nitrogen functional groups attached to an aromatic ring is 1. The zero-order valence-electron chi connectivity index (χ0n) is 12.8. The summed E-state index contributed by atoms with van der Waals surface area (Å²) < 4.78 is 11.3. The molecular weight excluding hydrogens is 290 g/mol. The highest BCUT2D eigenvalue weighted by Gasteiger charge is 2.18. The van der Waals surface area contributed by atoms with Crippen molar-refractivity contribution in [1.82, 2.24) is 0 Å². The molecule has 2 heterocycles. The fraction of sp³-hybridized carbons (Fsp3) is 0.105. The van der Waals surface area contributed by atoms with Crippen LogP contribution in [0.25, 0.3) is 33.3 Å². The Morgan fingerprint density at radius 2 is 1.74 bits per heavy atom. The first-order chi connectivity index (χ1) is 11.0. The second kappa shape index (κ2) is 4.74. The summed E-state index contributed by atoms with van der Waals surface area (Å²) in [6, 6.07) is 12.9. The zero-order valence-corrected chi connectivity index (χ0v) is 12.8. The van der Waals surface area contributed by atoms with Crippen LogP contribution in [-0.2, 0) is 0 Å². The number of benzene rings is 2. The maximum absolute atomic E-state index is 12.0. The van der Waals surface area contributed by atoms with Crippen molar-refractivity contribution in [1.29, 1.82) is 0 Å². The lowest BCUT2D eigenvalue weighted by Gasteiger charge is -2.08. The highest BCUT2D eigenvalue weighted by Crippen LogP contribution is 2.39. The summed E-state index contributed by atoms with van der Waals surface area (Å²) in [5.41, 5.74) is 10.3. The summed E-state index contributed by atoms with van der Waals surface area (Å²) in [5, 5.41) is 1.69. The van der Waals surface area contributed by atoms with E-state index in [0.717, 1.165) is 21.9 Å². The van der Waals surface area contributed by atoms with E-state index in [-0.39, 0.29) is 0 Å². The van der Waals surface area contributed by atoms with E-state index >= 15 is 0 Å². The molecule has 4 aromatic rings. The van der Waals surface area contributed by atoms with Crippen molar-refractivity contribution >= 4 is 27.6 Å². The SMILES string of the molecule is Cc1cc(C)c2c(-c3oc4ccccc4c3N)cc(=O)oc2c1. The van der Waals surface area contributed by atoms with Crippen LogP contribution >= 0.6 is 0 Å². The van der Waals surface area contributed by atoms with Crippen LogP contribution in [0.2, 0.25) is 0 Å². The quantitative estimate of drug-likeness (QED) is 0.529. The van der Waals surface area contributed by atoms with Gasteiger partial charge in [0, 0.05) is 22.4 Å². The Bertz CT molecular complexity index is 1120. The molecule has 0 amide bonds. The number of nitrogens with two attached hydrogens (primary N) is 1. The molecule has 2 N–H and O–H groups in total. The van der Waals surface area contributed by atoms with Gasteiger partial charge in [0.2, 0.25) is 0 Å². The predicted octanol–water partition coefficient (Wildman–Crippen LogP) is 4.41. The minimum Gasteiger partial charge on any atom is -0.454 e. The van der Waals surface area contributed by atoms with Gasteiger partial charge in [0.25, 0.3) is 0 Å². The van der Waals surface area contributed by atoms with E-state index in [9.17, 15) is 4.79 Å². The number of rotatable bonds is 1. The number of hydrogen-bond acceptors (Lipinski definition) is 4. The van der Waals surface area contributed by atoms with Crippen molar-refractivity contribution < 1.29 is 8.83 Å². The van der Waals surface area contributed by atoms with Crippen molar-refractivity contribution in [3.8, 4) is 11.3 Å². The number of anilines is 1. The Balaban J connectivity index is 2.16. The van der Waals surface area contributed by atoms with Crippen molar-refractivity contribution in [3.05, 3.63) is 64.0 Å². The van der Waals surface area contributed by atoms with Crippen LogP contribution in [0.4, 0.5) is 5.69 Å².